The Labute approximate surface area is 102 Å². The van der Waals surface area contributed by atoms with Crippen molar-refractivity contribution in [1.82, 2.24) is 10.2 Å². The lowest BCUT2D eigenvalue weighted by atomic mass is 10.2. The van der Waals surface area contributed by atoms with Gasteiger partial charge in [0.2, 0.25) is 0 Å². The largest absolute Gasteiger partial charge is 0.312 e. The Morgan fingerprint density at radius 2 is 2.06 bits per heavy atom. The Kier molecular flexibility index (Phi) is 4.52. The van der Waals surface area contributed by atoms with Crippen LogP contribution in [0.2, 0.25) is 0 Å². The number of nitrogens with one attached hydrogen (secondary N) is 1. The average Bonchev–Trinajstić information content (AvgIpc) is 2.29. The number of hydrogen-bond donors (Lipinski definition) is 1. The predicted octanol–water partition coefficient (Wildman–Crippen LogP) is -0.188. The van der Waals surface area contributed by atoms with Crippen LogP contribution in [0.1, 0.15) is 6.42 Å². The molecule has 0 spiro atoms. The third-order valence-electron chi connectivity index (χ3n) is 3.23. The van der Waals surface area contributed by atoms with Gasteiger partial charge < -0.3 is 10.2 Å². The highest BCUT2D eigenvalue weighted by atomic mass is 32.2. The van der Waals surface area contributed by atoms with E-state index in [2.05, 4.69) is 10.2 Å². The summed E-state index contributed by atoms with van der Waals surface area (Å²) in [7, 11) is -2.72. The van der Waals surface area contributed by atoms with Crippen LogP contribution in [0.15, 0.2) is 0 Å². The maximum absolute atomic E-state index is 11.3. The monoisotopic (exact) mass is 264 g/mol. The van der Waals surface area contributed by atoms with Crippen LogP contribution in [-0.2, 0) is 9.84 Å². The molecule has 0 aromatic rings. The standard InChI is InChI=1S/C10H20N2O2S2/c13-16(14)7-4-12(5-8-16)3-1-10-9-15-6-2-11-10/h10-11H,1-9H2. The fourth-order valence-electron chi connectivity index (χ4n) is 2.12. The lowest BCUT2D eigenvalue weighted by Crippen LogP contribution is -2.44. The molecule has 1 unspecified atom stereocenters. The van der Waals surface area contributed by atoms with Gasteiger partial charge in [-0.05, 0) is 13.0 Å². The summed E-state index contributed by atoms with van der Waals surface area (Å²) in [6.45, 7) is 3.60. The summed E-state index contributed by atoms with van der Waals surface area (Å²) in [5.74, 6) is 3.12. The molecule has 1 N–H and O–H groups in total. The Morgan fingerprint density at radius 3 is 2.69 bits per heavy atom. The summed E-state index contributed by atoms with van der Waals surface area (Å²) in [4.78, 5) is 2.28. The van der Waals surface area contributed by atoms with E-state index in [0.29, 0.717) is 17.5 Å². The van der Waals surface area contributed by atoms with Gasteiger partial charge in [-0.15, -0.1) is 0 Å². The van der Waals surface area contributed by atoms with E-state index in [1.807, 2.05) is 11.8 Å². The Hall–Kier alpha value is 0.220. The van der Waals surface area contributed by atoms with Crippen LogP contribution in [-0.4, -0.2) is 68.5 Å². The molecule has 0 radical (unpaired) electrons. The molecule has 2 aliphatic heterocycles. The molecule has 0 bridgehead atoms. The van der Waals surface area contributed by atoms with Gasteiger partial charge in [0.25, 0.3) is 0 Å². The van der Waals surface area contributed by atoms with Gasteiger partial charge in [0.1, 0.15) is 0 Å². The Bertz CT molecular complexity index is 299. The second kappa shape index (κ2) is 5.71. The molecule has 1 atom stereocenters. The normalized spacial score (nSPS) is 31.4. The number of sulfone groups is 1. The first kappa shape index (κ1) is 12.7. The van der Waals surface area contributed by atoms with Gasteiger partial charge in [0.15, 0.2) is 9.84 Å². The molecule has 4 nitrogen and oxygen atoms in total. The molecule has 2 fully saturated rings. The van der Waals surface area contributed by atoms with E-state index in [0.717, 1.165) is 32.6 Å². The molecule has 6 heteroatoms. The summed E-state index contributed by atoms with van der Waals surface area (Å²) < 4.78 is 22.5. The second-order valence-electron chi connectivity index (χ2n) is 4.51. The van der Waals surface area contributed by atoms with E-state index in [4.69, 9.17) is 0 Å². The molecule has 2 saturated heterocycles. The van der Waals surface area contributed by atoms with E-state index in [-0.39, 0.29) is 0 Å². The highest BCUT2D eigenvalue weighted by Crippen LogP contribution is 2.12. The number of hydrogen-bond acceptors (Lipinski definition) is 5. The minimum absolute atomic E-state index is 0.347. The zero-order valence-electron chi connectivity index (χ0n) is 9.52. The summed E-state index contributed by atoms with van der Waals surface area (Å²) in [5, 5.41) is 3.51. The van der Waals surface area contributed by atoms with Crippen molar-refractivity contribution in [2.75, 3.05) is 49.2 Å². The van der Waals surface area contributed by atoms with E-state index >= 15 is 0 Å². The van der Waals surface area contributed by atoms with Gasteiger partial charge in [-0.25, -0.2) is 8.42 Å². The third kappa shape index (κ3) is 3.91. The van der Waals surface area contributed by atoms with Crippen LogP contribution < -0.4 is 5.32 Å². The summed E-state index contributed by atoms with van der Waals surface area (Å²) >= 11 is 2.01. The van der Waals surface area contributed by atoms with Gasteiger partial charge >= 0.3 is 0 Å². The highest BCUT2D eigenvalue weighted by Gasteiger charge is 2.22. The molecule has 0 aliphatic carbocycles. The van der Waals surface area contributed by atoms with E-state index in [1.54, 1.807) is 0 Å². The molecule has 0 aromatic carbocycles. The number of rotatable bonds is 3. The van der Waals surface area contributed by atoms with Crippen molar-refractivity contribution in [1.29, 1.82) is 0 Å². The molecular weight excluding hydrogens is 244 g/mol. The lowest BCUT2D eigenvalue weighted by molar-refractivity contribution is 0.279. The summed E-state index contributed by atoms with van der Waals surface area (Å²) in [6, 6.07) is 0.622. The Morgan fingerprint density at radius 1 is 1.31 bits per heavy atom. The lowest BCUT2D eigenvalue weighted by Gasteiger charge is -2.29. The number of thioether (sulfide) groups is 1. The van der Waals surface area contributed by atoms with Crippen LogP contribution in [0.3, 0.4) is 0 Å². The van der Waals surface area contributed by atoms with Crippen molar-refractivity contribution in [3.8, 4) is 0 Å². The molecule has 16 heavy (non-hydrogen) atoms. The summed E-state index contributed by atoms with van der Waals surface area (Å²) in [6.07, 6.45) is 1.15. The molecule has 2 aliphatic rings. The highest BCUT2D eigenvalue weighted by molar-refractivity contribution is 7.99. The maximum Gasteiger partial charge on any atom is 0.152 e. The molecule has 94 valence electrons. The SMILES string of the molecule is O=S1(=O)CCN(CCC2CSCCN2)CC1. The van der Waals surface area contributed by atoms with E-state index in [9.17, 15) is 8.42 Å². The van der Waals surface area contributed by atoms with Gasteiger partial charge in [0.05, 0.1) is 11.5 Å². The van der Waals surface area contributed by atoms with Crippen molar-refractivity contribution < 1.29 is 8.42 Å². The van der Waals surface area contributed by atoms with Crippen molar-refractivity contribution in [3.05, 3.63) is 0 Å². The van der Waals surface area contributed by atoms with Gasteiger partial charge in [-0.3, -0.25) is 0 Å². The van der Waals surface area contributed by atoms with Crippen LogP contribution >= 0.6 is 11.8 Å². The molecule has 2 heterocycles. The van der Waals surface area contributed by atoms with Crippen molar-refractivity contribution in [2.24, 2.45) is 0 Å². The predicted molar refractivity (Wildman–Crippen MR) is 68.8 cm³/mol. The topological polar surface area (TPSA) is 49.4 Å². The van der Waals surface area contributed by atoms with Crippen LogP contribution in [0, 0.1) is 0 Å². The fraction of sp³-hybridized carbons (Fsp3) is 1.00. The van der Waals surface area contributed by atoms with E-state index in [1.165, 1.54) is 11.5 Å². The quantitative estimate of drug-likeness (QED) is 0.766. The van der Waals surface area contributed by atoms with Crippen molar-refractivity contribution in [3.63, 3.8) is 0 Å². The maximum atomic E-state index is 11.3. The first-order chi connectivity index (χ1) is 7.66. The first-order valence-electron chi connectivity index (χ1n) is 5.90. The van der Waals surface area contributed by atoms with Gasteiger partial charge in [-0.1, -0.05) is 0 Å². The number of nitrogens with zero attached hydrogens (tertiary/aromatic N) is 1. The zero-order valence-corrected chi connectivity index (χ0v) is 11.2. The van der Waals surface area contributed by atoms with Crippen LogP contribution in [0.25, 0.3) is 0 Å². The fourth-order valence-corrected chi connectivity index (χ4v) is 4.39. The van der Waals surface area contributed by atoms with Gasteiger partial charge in [-0.2, -0.15) is 11.8 Å². The molecule has 0 amide bonds. The average molecular weight is 264 g/mol. The van der Waals surface area contributed by atoms with Crippen LogP contribution in [0.4, 0.5) is 0 Å². The third-order valence-corrected chi connectivity index (χ3v) is 5.97. The molecule has 0 aromatic heterocycles. The van der Waals surface area contributed by atoms with Crippen molar-refractivity contribution in [2.45, 2.75) is 12.5 Å². The minimum Gasteiger partial charge on any atom is -0.312 e. The second-order valence-corrected chi connectivity index (χ2v) is 7.96. The molecular formula is C10H20N2O2S2. The van der Waals surface area contributed by atoms with E-state index < -0.39 is 9.84 Å². The molecule has 2 rings (SSSR count). The smallest absolute Gasteiger partial charge is 0.152 e. The first-order valence-corrected chi connectivity index (χ1v) is 8.87. The minimum atomic E-state index is -2.72. The van der Waals surface area contributed by atoms with Crippen molar-refractivity contribution >= 4 is 21.6 Å². The van der Waals surface area contributed by atoms with Gasteiger partial charge in [0, 0.05) is 37.2 Å². The summed E-state index contributed by atoms with van der Waals surface area (Å²) in [5.41, 5.74) is 0. The van der Waals surface area contributed by atoms with Crippen LogP contribution in [0.5, 0.6) is 0 Å². The Balaban J connectivity index is 1.67. The molecule has 0 saturated carbocycles. The zero-order chi connectivity index (χ0) is 11.4.